The highest BCUT2D eigenvalue weighted by atomic mass is 35.5. The predicted octanol–water partition coefficient (Wildman–Crippen LogP) is 6.29. The van der Waals surface area contributed by atoms with Crippen molar-refractivity contribution >= 4 is 38.9 Å². The van der Waals surface area contributed by atoms with Crippen molar-refractivity contribution < 1.29 is 17.9 Å². The summed E-state index contributed by atoms with van der Waals surface area (Å²) in [5.41, 5.74) is 3.54. The van der Waals surface area contributed by atoms with Crippen molar-refractivity contribution in [3.05, 3.63) is 75.0 Å². The van der Waals surface area contributed by atoms with Crippen LogP contribution in [0.4, 0.5) is 5.69 Å². The van der Waals surface area contributed by atoms with Crippen molar-refractivity contribution in [3.8, 4) is 11.5 Å². The fourth-order valence-electron chi connectivity index (χ4n) is 5.13. The lowest BCUT2D eigenvalue weighted by atomic mass is 9.98. The number of aromatic nitrogens is 1. The molecule has 0 spiro atoms. The Hall–Kier alpha value is -2.52. The largest absolute Gasteiger partial charge is 0.492 e. The van der Waals surface area contributed by atoms with E-state index in [-0.39, 0.29) is 11.5 Å². The van der Waals surface area contributed by atoms with E-state index >= 15 is 0 Å². The summed E-state index contributed by atoms with van der Waals surface area (Å²) in [5, 5.41) is 0.944. The van der Waals surface area contributed by atoms with Gasteiger partial charge in [-0.05, 0) is 100 Å². The molecule has 5 rings (SSSR count). The maximum absolute atomic E-state index is 13.3. The van der Waals surface area contributed by atoms with Crippen molar-refractivity contribution in [2.24, 2.45) is 5.92 Å². The van der Waals surface area contributed by atoms with Gasteiger partial charge in [0.1, 0.15) is 23.8 Å². The number of benzene rings is 2. The molecule has 0 unspecified atom stereocenters. The molecule has 1 aliphatic heterocycles. The third kappa shape index (κ3) is 6.46. The minimum absolute atomic E-state index is 0.116. The molecule has 10 heteroatoms. The molecular weight excluding hydrogens is 557 g/mol. The molecule has 1 N–H and O–H groups in total. The van der Waals surface area contributed by atoms with Gasteiger partial charge in [-0.3, -0.25) is 9.71 Å². The van der Waals surface area contributed by atoms with Crippen molar-refractivity contribution in [1.29, 1.82) is 0 Å². The number of rotatable bonds is 9. The Morgan fingerprint density at radius 3 is 2.67 bits per heavy atom. The predicted molar refractivity (Wildman–Crippen MR) is 155 cm³/mol. The Kier molecular flexibility index (Phi) is 8.57. The van der Waals surface area contributed by atoms with Crippen LogP contribution in [-0.2, 0) is 29.5 Å². The van der Waals surface area contributed by atoms with Gasteiger partial charge in [-0.2, -0.15) is 0 Å². The zero-order chi connectivity index (χ0) is 27.6. The first-order valence-corrected chi connectivity index (χ1v) is 15.5. The summed E-state index contributed by atoms with van der Waals surface area (Å²) in [4.78, 5) is 6.97. The summed E-state index contributed by atoms with van der Waals surface area (Å²) in [6, 6.07) is 10.4. The topological polar surface area (TPSA) is 80.8 Å². The van der Waals surface area contributed by atoms with Crippen LogP contribution in [0.25, 0.3) is 0 Å². The number of ether oxygens (including phenoxy) is 2. The lowest BCUT2D eigenvalue weighted by Crippen LogP contribution is -2.32. The second kappa shape index (κ2) is 11.9. The number of fused-ring (bicyclic) bond motifs is 1. The van der Waals surface area contributed by atoms with E-state index in [9.17, 15) is 8.42 Å². The van der Waals surface area contributed by atoms with E-state index in [1.54, 1.807) is 19.1 Å². The maximum Gasteiger partial charge on any atom is 0.262 e. The van der Waals surface area contributed by atoms with Gasteiger partial charge in [0.2, 0.25) is 0 Å². The number of halogens is 2. The van der Waals surface area contributed by atoms with E-state index in [2.05, 4.69) is 21.7 Å². The lowest BCUT2D eigenvalue weighted by molar-refractivity contribution is 0.160. The van der Waals surface area contributed by atoms with Gasteiger partial charge in [0, 0.05) is 16.3 Å². The fraction of sp³-hybridized carbons (Fsp3) is 0.414. The van der Waals surface area contributed by atoms with Gasteiger partial charge in [-0.15, -0.1) is 0 Å². The third-order valence-electron chi connectivity index (χ3n) is 7.50. The third-order valence-corrected chi connectivity index (χ3v) is 9.73. The fourth-order valence-corrected chi connectivity index (χ4v) is 6.85. The molecule has 1 saturated heterocycles. The van der Waals surface area contributed by atoms with E-state index in [1.165, 1.54) is 12.3 Å². The van der Waals surface area contributed by atoms with E-state index in [1.807, 2.05) is 18.2 Å². The number of likely N-dealkylation sites (tertiary alicyclic amines) is 1. The summed E-state index contributed by atoms with van der Waals surface area (Å²) in [5.74, 6) is 1.65. The molecule has 0 amide bonds. The van der Waals surface area contributed by atoms with Crippen molar-refractivity contribution in [2.45, 2.75) is 50.5 Å². The number of hydrogen-bond donors (Lipinski definition) is 1. The Morgan fingerprint density at radius 2 is 1.87 bits per heavy atom. The van der Waals surface area contributed by atoms with Gasteiger partial charge < -0.3 is 14.4 Å². The molecule has 7 nitrogen and oxygen atoms in total. The first kappa shape index (κ1) is 28.0. The molecule has 2 aromatic carbocycles. The van der Waals surface area contributed by atoms with Gasteiger partial charge >= 0.3 is 0 Å². The smallest absolute Gasteiger partial charge is 0.262 e. The van der Waals surface area contributed by atoms with E-state index < -0.39 is 10.0 Å². The lowest BCUT2D eigenvalue weighted by Gasteiger charge is -2.28. The molecule has 3 aromatic rings. The molecule has 1 fully saturated rings. The highest BCUT2D eigenvalue weighted by Gasteiger charge is 2.25. The monoisotopic (exact) mass is 589 g/mol. The molecule has 0 bridgehead atoms. The maximum atomic E-state index is 13.3. The summed E-state index contributed by atoms with van der Waals surface area (Å²) < 4.78 is 41.8. The Labute approximate surface area is 240 Å². The van der Waals surface area contributed by atoms with Gasteiger partial charge in [0.25, 0.3) is 10.0 Å². The number of hydrogen-bond acceptors (Lipinski definition) is 6. The summed E-state index contributed by atoms with van der Waals surface area (Å²) >= 11 is 12.6. The Morgan fingerprint density at radius 1 is 1.08 bits per heavy atom. The number of nitrogens with zero attached hydrogens (tertiary/aromatic N) is 2. The second-order valence-corrected chi connectivity index (χ2v) is 12.8. The second-order valence-electron chi connectivity index (χ2n) is 10.4. The van der Waals surface area contributed by atoms with Crippen molar-refractivity contribution in [3.63, 3.8) is 0 Å². The molecule has 1 aromatic heterocycles. The zero-order valence-corrected chi connectivity index (χ0v) is 24.5. The number of pyridine rings is 1. The number of anilines is 1. The van der Waals surface area contributed by atoms with E-state index in [0.717, 1.165) is 62.0 Å². The van der Waals surface area contributed by atoms with Crippen molar-refractivity contribution in [2.75, 3.05) is 31.5 Å². The molecule has 0 saturated carbocycles. The van der Waals surface area contributed by atoms with Crippen LogP contribution < -0.4 is 14.2 Å². The molecule has 1 aliphatic carbocycles. The molecule has 0 radical (unpaired) electrons. The van der Waals surface area contributed by atoms with Crippen molar-refractivity contribution in [1.82, 2.24) is 9.88 Å². The van der Waals surface area contributed by atoms with Crippen LogP contribution in [0.1, 0.15) is 41.6 Å². The van der Waals surface area contributed by atoms with E-state index in [4.69, 9.17) is 32.7 Å². The number of piperidine rings is 1. The van der Waals surface area contributed by atoms with E-state index in [0.29, 0.717) is 45.3 Å². The Balaban J connectivity index is 1.34. The van der Waals surface area contributed by atoms with Gasteiger partial charge in [0.05, 0.1) is 22.7 Å². The molecule has 0 atom stereocenters. The quantitative estimate of drug-likeness (QED) is 0.316. The standard InChI is InChI=1S/C29H33Cl2N3O4S/c1-19-23(30)6-4-8-28(19)39(35,36)33-26-16-32-25-7-3-5-22(25)29(26)38-18-21-9-10-24(31)27(15-21)37-17-20-11-13-34(2)14-12-20/h4,6,8-10,15-16,20,33H,3,5,7,11-14,17-18H2,1-2H3. The SMILES string of the molecule is Cc1c(Cl)cccc1S(=O)(=O)Nc1cnc2c(c1OCc1ccc(Cl)c(OCC3CCN(C)CC3)c1)CCC2. The molecule has 2 heterocycles. The first-order chi connectivity index (χ1) is 18.7. The molecule has 39 heavy (non-hydrogen) atoms. The number of aryl methyl sites for hydroxylation is 1. The van der Waals surface area contributed by atoms with Crippen LogP contribution >= 0.6 is 23.2 Å². The summed E-state index contributed by atoms with van der Waals surface area (Å²) in [6.45, 7) is 4.69. The van der Waals surface area contributed by atoms with Crippen LogP contribution in [0.5, 0.6) is 11.5 Å². The van der Waals surface area contributed by atoms with Crippen LogP contribution in [0.3, 0.4) is 0 Å². The number of sulfonamides is 1. The first-order valence-electron chi connectivity index (χ1n) is 13.2. The van der Waals surface area contributed by atoms with Crippen LogP contribution in [0, 0.1) is 12.8 Å². The number of nitrogens with one attached hydrogen (secondary N) is 1. The Bertz CT molecular complexity index is 1460. The van der Waals surface area contributed by atoms with Crippen LogP contribution in [0.2, 0.25) is 10.0 Å². The normalized spacial score (nSPS) is 16.2. The summed E-state index contributed by atoms with van der Waals surface area (Å²) in [6.07, 6.45) is 6.30. The van der Waals surface area contributed by atoms with Crippen LogP contribution in [-0.4, -0.2) is 45.0 Å². The van der Waals surface area contributed by atoms with Gasteiger partial charge in [-0.1, -0.05) is 35.3 Å². The molecular formula is C29H33Cl2N3O4S. The molecule has 2 aliphatic rings. The van der Waals surface area contributed by atoms with Gasteiger partial charge in [0.15, 0.2) is 0 Å². The average molecular weight is 591 g/mol. The highest BCUT2D eigenvalue weighted by molar-refractivity contribution is 7.92. The minimum atomic E-state index is -3.92. The zero-order valence-electron chi connectivity index (χ0n) is 22.2. The summed E-state index contributed by atoms with van der Waals surface area (Å²) in [7, 11) is -1.78. The molecule has 208 valence electrons. The van der Waals surface area contributed by atoms with Gasteiger partial charge in [-0.25, -0.2) is 8.42 Å². The minimum Gasteiger partial charge on any atom is -0.492 e. The highest BCUT2D eigenvalue weighted by Crippen LogP contribution is 2.38. The average Bonchev–Trinajstić information content (AvgIpc) is 3.39. The van der Waals surface area contributed by atoms with Crippen LogP contribution in [0.15, 0.2) is 47.5 Å².